The molecule has 10 nitrogen and oxygen atoms in total. The zero-order valence-corrected chi connectivity index (χ0v) is 25.3. The van der Waals surface area contributed by atoms with Crippen LogP contribution in [-0.4, -0.2) is 53.5 Å². The zero-order valence-electron chi connectivity index (χ0n) is 22.8. The van der Waals surface area contributed by atoms with Gasteiger partial charge >= 0.3 is 6.18 Å². The zero-order chi connectivity index (χ0) is 30.0. The summed E-state index contributed by atoms with van der Waals surface area (Å²) < 4.78 is 54.1. The summed E-state index contributed by atoms with van der Waals surface area (Å²) in [6.07, 6.45) is 0.545. The second-order valence-electron chi connectivity index (χ2n) is 10.00. The summed E-state index contributed by atoms with van der Waals surface area (Å²) in [4.78, 5) is 21.0. The Morgan fingerprint density at radius 3 is 2.29 bits per heavy atom. The van der Waals surface area contributed by atoms with Gasteiger partial charge in [-0.1, -0.05) is 24.3 Å². The van der Waals surface area contributed by atoms with E-state index in [1.165, 1.54) is 32.2 Å². The molecule has 5 aromatic rings. The summed E-state index contributed by atoms with van der Waals surface area (Å²) in [5, 5.41) is 5.21. The fourth-order valence-electron chi connectivity index (χ4n) is 4.84. The molecule has 1 aliphatic rings. The van der Waals surface area contributed by atoms with Gasteiger partial charge in [-0.25, -0.2) is 29.6 Å². The second kappa shape index (κ2) is 10.2. The first-order valence-electron chi connectivity index (χ1n) is 12.8. The quantitative estimate of drug-likeness (QED) is 0.212. The van der Waals surface area contributed by atoms with Crippen LogP contribution in [0.2, 0.25) is 0 Å². The van der Waals surface area contributed by atoms with Crippen LogP contribution < -0.4 is 9.47 Å². The molecule has 4 aromatic heterocycles. The fourth-order valence-corrected chi connectivity index (χ4v) is 5.61. The van der Waals surface area contributed by atoms with E-state index in [9.17, 15) is 13.2 Å². The number of thiol groups is 1. The lowest BCUT2D eigenvalue weighted by atomic mass is 10.0. The first-order chi connectivity index (χ1) is 20.0. The van der Waals surface area contributed by atoms with E-state index in [1.54, 1.807) is 35.1 Å². The van der Waals surface area contributed by atoms with Crippen LogP contribution in [0.25, 0.3) is 33.8 Å². The summed E-state index contributed by atoms with van der Waals surface area (Å²) in [7, 11) is 4.56. The largest absolute Gasteiger partial charge is 0.480 e. The molecule has 42 heavy (non-hydrogen) atoms. The molecule has 4 heterocycles. The van der Waals surface area contributed by atoms with Crippen LogP contribution in [0, 0.1) is 0 Å². The molecule has 0 aliphatic heterocycles. The monoisotopic (exact) mass is 660 g/mol. The van der Waals surface area contributed by atoms with Crippen molar-refractivity contribution in [2.75, 3.05) is 14.2 Å². The number of methoxy groups -OCH3 is 2. The minimum Gasteiger partial charge on any atom is -0.480 e. The van der Waals surface area contributed by atoms with Crippen LogP contribution in [0.1, 0.15) is 42.6 Å². The highest BCUT2D eigenvalue weighted by molar-refractivity contribution is 9.10. The molecular weight excluding hydrogens is 637 g/mol. The molecule has 0 bridgehead atoms. The number of rotatable bonds is 7. The standard InChI is InChI=1S/C27H24BrF3N8O2S/c1-26(42,15-9-7-14(8-10-15)22-35-19(27(29,30)31)20(28)38(22)2)39-23-16(24(37-39)40-3)11-32-21(36-23)17-18(13-5-6-13)33-12-34-25(17)41-4/h7-13,42H,5-6H2,1-4H3/t26-/m0/s1. The number of imidazole rings is 1. The van der Waals surface area contributed by atoms with Crippen molar-refractivity contribution in [1.29, 1.82) is 0 Å². The molecule has 0 unspecified atom stereocenters. The number of fused-ring (bicyclic) bond motifs is 1. The molecule has 15 heteroatoms. The molecule has 1 atom stereocenters. The molecule has 0 spiro atoms. The van der Waals surface area contributed by atoms with Gasteiger partial charge in [-0.2, -0.15) is 13.2 Å². The Morgan fingerprint density at radius 2 is 1.69 bits per heavy atom. The number of ether oxygens (including phenoxy) is 2. The van der Waals surface area contributed by atoms with Crippen molar-refractivity contribution >= 4 is 39.6 Å². The Balaban J connectivity index is 1.44. The van der Waals surface area contributed by atoms with Crippen molar-refractivity contribution in [3.63, 3.8) is 0 Å². The highest BCUT2D eigenvalue weighted by atomic mass is 79.9. The number of hydrogen-bond donors (Lipinski definition) is 1. The number of halogens is 4. The summed E-state index contributed by atoms with van der Waals surface area (Å²) in [6.45, 7) is 1.83. The third-order valence-corrected chi connectivity index (χ3v) is 8.56. The summed E-state index contributed by atoms with van der Waals surface area (Å²) >= 11 is 7.98. The normalized spacial score (nSPS) is 15.2. The van der Waals surface area contributed by atoms with Gasteiger partial charge in [0, 0.05) is 24.7 Å². The second-order valence-corrected chi connectivity index (χ2v) is 11.6. The van der Waals surface area contributed by atoms with Crippen molar-refractivity contribution in [3.8, 4) is 34.5 Å². The van der Waals surface area contributed by atoms with Crippen molar-refractivity contribution < 1.29 is 22.6 Å². The molecule has 1 fully saturated rings. The van der Waals surface area contributed by atoms with Crippen molar-refractivity contribution in [1.82, 2.24) is 39.3 Å². The lowest BCUT2D eigenvalue weighted by molar-refractivity contribution is -0.141. The molecular formula is C27H24BrF3N8O2S. The van der Waals surface area contributed by atoms with Gasteiger partial charge in [-0.3, -0.25) is 0 Å². The minimum atomic E-state index is -4.59. The predicted molar refractivity (Wildman–Crippen MR) is 155 cm³/mol. The van der Waals surface area contributed by atoms with Crippen molar-refractivity contribution in [2.45, 2.75) is 36.7 Å². The van der Waals surface area contributed by atoms with E-state index in [0.29, 0.717) is 45.3 Å². The van der Waals surface area contributed by atoms with Crippen LogP contribution in [0.5, 0.6) is 11.8 Å². The van der Waals surface area contributed by atoms with Crippen LogP contribution in [-0.2, 0) is 18.1 Å². The van der Waals surface area contributed by atoms with E-state index < -0.39 is 16.7 Å². The maximum atomic E-state index is 13.4. The molecule has 1 aromatic carbocycles. The van der Waals surface area contributed by atoms with Gasteiger partial charge < -0.3 is 14.0 Å². The number of aromatic nitrogens is 8. The number of nitrogens with zero attached hydrogens (tertiary/aromatic N) is 8. The van der Waals surface area contributed by atoms with Gasteiger partial charge in [0.2, 0.25) is 11.8 Å². The molecule has 218 valence electrons. The Kier molecular flexibility index (Phi) is 6.91. The van der Waals surface area contributed by atoms with Gasteiger partial charge in [-0.15, -0.1) is 17.7 Å². The topological polar surface area (TPSA) is 106 Å². The SMILES string of the molecule is COc1ncnc(C2CC2)c1-c1ncc2c(OC)nn([C@@](C)(S)c3ccc(-c4nc(C(F)(F)F)c(Br)n4C)cc3)c2n1. The highest BCUT2D eigenvalue weighted by Gasteiger charge is 2.38. The van der Waals surface area contributed by atoms with Crippen LogP contribution >= 0.6 is 28.6 Å². The number of alkyl halides is 3. The summed E-state index contributed by atoms with van der Waals surface area (Å²) in [5.74, 6) is 1.52. The minimum absolute atomic E-state index is 0.149. The van der Waals surface area contributed by atoms with Crippen molar-refractivity contribution in [3.05, 3.63) is 58.3 Å². The van der Waals surface area contributed by atoms with Crippen molar-refractivity contribution in [2.24, 2.45) is 7.05 Å². The third kappa shape index (κ3) is 4.68. The van der Waals surface area contributed by atoms with Gasteiger partial charge in [0.15, 0.2) is 17.2 Å². The van der Waals surface area contributed by atoms with E-state index >= 15 is 0 Å². The van der Waals surface area contributed by atoms with E-state index in [0.717, 1.165) is 18.5 Å². The molecule has 0 N–H and O–H groups in total. The molecule has 0 saturated heterocycles. The highest BCUT2D eigenvalue weighted by Crippen LogP contribution is 2.45. The Hall–Kier alpha value is -3.72. The fraction of sp³-hybridized carbons (Fsp3) is 0.333. The maximum Gasteiger partial charge on any atom is 0.436 e. The smallest absolute Gasteiger partial charge is 0.436 e. The Labute approximate surface area is 251 Å². The molecule has 6 rings (SSSR count). The molecule has 0 radical (unpaired) electrons. The number of benzene rings is 1. The van der Waals surface area contributed by atoms with Gasteiger partial charge in [0.05, 0.1) is 19.9 Å². The average molecular weight is 662 g/mol. The molecule has 1 saturated carbocycles. The Bertz CT molecular complexity index is 1820. The third-order valence-electron chi connectivity index (χ3n) is 7.20. The van der Waals surface area contributed by atoms with Gasteiger partial charge in [0.25, 0.3) is 0 Å². The van der Waals surface area contributed by atoms with E-state index in [-0.39, 0.29) is 16.3 Å². The van der Waals surface area contributed by atoms with Crippen LogP contribution in [0.4, 0.5) is 13.2 Å². The predicted octanol–water partition coefficient (Wildman–Crippen LogP) is 6.01. The molecule has 1 aliphatic carbocycles. The van der Waals surface area contributed by atoms with Gasteiger partial charge in [-0.05, 0) is 41.3 Å². The first-order valence-corrected chi connectivity index (χ1v) is 14.0. The maximum absolute atomic E-state index is 13.4. The molecule has 0 amide bonds. The first kappa shape index (κ1) is 28.4. The number of hydrogen-bond acceptors (Lipinski definition) is 9. The average Bonchev–Trinajstić information content (AvgIpc) is 3.68. The lowest BCUT2D eigenvalue weighted by Crippen LogP contribution is -2.26. The van der Waals surface area contributed by atoms with Gasteiger partial charge in [0.1, 0.15) is 32.6 Å². The van der Waals surface area contributed by atoms with Crippen LogP contribution in [0.15, 0.2) is 41.4 Å². The van der Waals surface area contributed by atoms with E-state index in [1.807, 2.05) is 6.92 Å². The summed E-state index contributed by atoms with van der Waals surface area (Å²) in [5.41, 5.74) is 2.12. The van der Waals surface area contributed by atoms with E-state index in [2.05, 4.69) is 41.0 Å². The van der Waals surface area contributed by atoms with E-state index in [4.69, 9.17) is 27.1 Å². The lowest BCUT2D eigenvalue weighted by Gasteiger charge is -2.25. The van der Waals surface area contributed by atoms with Crippen LogP contribution in [0.3, 0.4) is 0 Å². The summed E-state index contributed by atoms with van der Waals surface area (Å²) in [6, 6.07) is 6.91. The Morgan fingerprint density at radius 1 is 1.00 bits per heavy atom.